The molecule has 174 valence electrons. The second-order valence-electron chi connectivity index (χ2n) is 8.30. The number of hydrogen-bond acceptors (Lipinski definition) is 4. The number of ether oxygens (including phenoxy) is 1. The van der Waals surface area contributed by atoms with Crippen molar-refractivity contribution >= 4 is 5.96 Å². The maximum atomic E-state index is 5.34. The van der Waals surface area contributed by atoms with Crippen molar-refractivity contribution in [2.45, 2.75) is 32.0 Å². The first kappa shape index (κ1) is 22.9. The van der Waals surface area contributed by atoms with Crippen LogP contribution in [0.2, 0.25) is 0 Å². The minimum Gasteiger partial charge on any atom is -0.497 e. The molecule has 2 heterocycles. The summed E-state index contributed by atoms with van der Waals surface area (Å²) in [5.41, 5.74) is 2.55. The summed E-state index contributed by atoms with van der Waals surface area (Å²) in [5, 5.41) is 6.96. The Balaban J connectivity index is 1.36. The van der Waals surface area contributed by atoms with Gasteiger partial charge in [0.15, 0.2) is 5.96 Å². The highest BCUT2D eigenvalue weighted by Crippen LogP contribution is 2.26. The Morgan fingerprint density at radius 3 is 2.52 bits per heavy atom. The van der Waals surface area contributed by atoms with E-state index in [0.29, 0.717) is 6.54 Å². The molecule has 2 aromatic carbocycles. The zero-order valence-corrected chi connectivity index (χ0v) is 19.6. The van der Waals surface area contributed by atoms with Gasteiger partial charge in [0.05, 0.1) is 19.7 Å². The van der Waals surface area contributed by atoms with E-state index in [2.05, 4.69) is 66.5 Å². The lowest BCUT2D eigenvalue weighted by atomic mass is 10.1. The molecule has 7 heteroatoms. The number of aliphatic imine (C=N–C) groups is 1. The van der Waals surface area contributed by atoms with E-state index in [1.165, 1.54) is 24.0 Å². The molecule has 0 radical (unpaired) electrons. The van der Waals surface area contributed by atoms with Gasteiger partial charge in [0.25, 0.3) is 0 Å². The molecule has 1 atom stereocenters. The molecule has 1 aliphatic rings. The average molecular weight is 447 g/mol. The molecule has 4 rings (SSSR count). The Morgan fingerprint density at radius 1 is 1.06 bits per heavy atom. The molecule has 0 aliphatic carbocycles. The van der Waals surface area contributed by atoms with Crippen molar-refractivity contribution in [3.05, 3.63) is 83.9 Å². The minimum atomic E-state index is 0.289. The van der Waals surface area contributed by atoms with Gasteiger partial charge in [-0.25, -0.2) is 4.98 Å². The van der Waals surface area contributed by atoms with Gasteiger partial charge >= 0.3 is 0 Å². The zero-order valence-electron chi connectivity index (χ0n) is 19.6. The number of guanidine groups is 1. The van der Waals surface area contributed by atoms with E-state index in [0.717, 1.165) is 43.7 Å². The molecule has 7 nitrogen and oxygen atoms in total. The Morgan fingerprint density at radius 2 is 1.82 bits per heavy atom. The lowest BCUT2D eigenvalue weighted by Gasteiger charge is -2.29. The average Bonchev–Trinajstić information content (AvgIpc) is 3.55. The van der Waals surface area contributed by atoms with Crippen molar-refractivity contribution in [2.75, 3.05) is 33.8 Å². The summed E-state index contributed by atoms with van der Waals surface area (Å²) in [4.78, 5) is 11.5. The van der Waals surface area contributed by atoms with Crippen LogP contribution in [-0.2, 0) is 13.1 Å². The van der Waals surface area contributed by atoms with E-state index >= 15 is 0 Å². The highest BCUT2D eigenvalue weighted by molar-refractivity contribution is 5.79. The predicted octanol–water partition coefficient (Wildman–Crippen LogP) is 3.44. The van der Waals surface area contributed by atoms with Crippen molar-refractivity contribution in [2.24, 2.45) is 4.99 Å². The van der Waals surface area contributed by atoms with Gasteiger partial charge in [-0.15, -0.1) is 0 Å². The molecule has 0 saturated carbocycles. The Hall–Kier alpha value is -3.32. The van der Waals surface area contributed by atoms with Crippen LogP contribution in [0.4, 0.5) is 0 Å². The number of benzene rings is 2. The Bertz CT molecular complexity index is 1010. The first-order chi connectivity index (χ1) is 16.3. The molecule has 1 saturated heterocycles. The highest BCUT2D eigenvalue weighted by Gasteiger charge is 2.23. The van der Waals surface area contributed by atoms with Crippen LogP contribution in [-0.4, -0.2) is 54.2 Å². The summed E-state index contributed by atoms with van der Waals surface area (Å²) in [7, 11) is 3.51. The number of methoxy groups -OCH3 is 1. The van der Waals surface area contributed by atoms with Crippen molar-refractivity contribution in [1.82, 2.24) is 25.1 Å². The Kier molecular flexibility index (Phi) is 7.98. The molecule has 1 aromatic heterocycles. The quantitative estimate of drug-likeness (QED) is 0.389. The third kappa shape index (κ3) is 6.14. The van der Waals surface area contributed by atoms with Crippen molar-refractivity contribution in [3.63, 3.8) is 0 Å². The molecule has 33 heavy (non-hydrogen) atoms. The molecule has 1 aliphatic heterocycles. The Labute approximate surface area is 196 Å². The number of imidazole rings is 1. The van der Waals surface area contributed by atoms with Crippen LogP contribution in [0.1, 0.15) is 35.8 Å². The fraction of sp³-hybridized carbons (Fsp3) is 0.385. The number of nitrogens with one attached hydrogen (secondary N) is 2. The van der Waals surface area contributed by atoms with E-state index in [1.807, 2.05) is 37.6 Å². The van der Waals surface area contributed by atoms with Gasteiger partial charge in [-0.1, -0.05) is 42.5 Å². The monoisotopic (exact) mass is 446 g/mol. The fourth-order valence-electron chi connectivity index (χ4n) is 4.35. The number of likely N-dealkylation sites (tertiary alicyclic amines) is 1. The first-order valence-electron chi connectivity index (χ1n) is 11.6. The van der Waals surface area contributed by atoms with Crippen LogP contribution in [0, 0.1) is 0 Å². The maximum absolute atomic E-state index is 5.34. The van der Waals surface area contributed by atoms with Gasteiger partial charge in [0, 0.05) is 32.5 Å². The van der Waals surface area contributed by atoms with Crippen LogP contribution < -0.4 is 15.4 Å². The lowest BCUT2D eigenvalue weighted by molar-refractivity contribution is 0.245. The third-order valence-electron chi connectivity index (χ3n) is 6.18. The van der Waals surface area contributed by atoms with E-state index in [1.54, 1.807) is 7.11 Å². The van der Waals surface area contributed by atoms with E-state index in [-0.39, 0.29) is 6.04 Å². The second-order valence-corrected chi connectivity index (χ2v) is 8.30. The van der Waals surface area contributed by atoms with Gasteiger partial charge in [0.2, 0.25) is 0 Å². The smallest absolute Gasteiger partial charge is 0.191 e. The number of hydrogen-bond donors (Lipinski definition) is 2. The molecule has 3 aromatic rings. The second kappa shape index (κ2) is 11.5. The van der Waals surface area contributed by atoms with Crippen molar-refractivity contribution in [1.29, 1.82) is 0 Å². The molecule has 0 bridgehead atoms. The standard InChI is InChI=1S/C26H34N6O/c1-27-26(30-19-25-28-14-17-32(25)20-21-8-4-3-5-9-21)29-18-24(31-15-6-7-16-31)22-10-12-23(33-2)13-11-22/h3-5,8-14,17,24H,6-7,15-16,18-20H2,1-2H3,(H2,27,29,30). The van der Waals surface area contributed by atoms with Crippen LogP contribution >= 0.6 is 0 Å². The largest absolute Gasteiger partial charge is 0.497 e. The minimum absolute atomic E-state index is 0.289. The molecular formula is C26H34N6O. The summed E-state index contributed by atoms with van der Waals surface area (Å²) in [6, 6.07) is 19.1. The summed E-state index contributed by atoms with van der Waals surface area (Å²) in [6.07, 6.45) is 6.38. The number of nitrogens with zero attached hydrogens (tertiary/aromatic N) is 4. The zero-order chi connectivity index (χ0) is 22.9. The van der Waals surface area contributed by atoms with Crippen LogP contribution in [0.15, 0.2) is 72.0 Å². The number of aromatic nitrogens is 2. The fourth-order valence-corrected chi connectivity index (χ4v) is 4.35. The van der Waals surface area contributed by atoms with Gasteiger partial charge in [0.1, 0.15) is 11.6 Å². The van der Waals surface area contributed by atoms with Gasteiger partial charge in [-0.05, 0) is 49.2 Å². The van der Waals surface area contributed by atoms with Crippen molar-refractivity contribution < 1.29 is 4.74 Å². The summed E-state index contributed by atoms with van der Waals surface area (Å²) < 4.78 is 7.50. The van der Waals surface area contributed by atoms with E-state index < -0.39 is 0 Å². The number of rotatable bonds is 9. The van der Waals surface area contributed by atoms with Crippen LogP contribution in [0.25, 0.3) is 0 Å². The van der Waals surface area contributed by atoms with E-state index in [4.69, 9.17) is 4.74 Å². The predicted molar refractivity (Wildman–Crippen MR) is 133 cm³/mol. The molecule has 1 unspecified atom stereocenters. The molecule has 1 fully saturated rings. The summed E-state index contributed by atoms with van der Waals surface area (Å²) >= 11 is 0. The molecule has 2 N–H and O–H groups in total. The normalized spacial score (nSPS) is 15.4. The molecule has 0 spiro atoms. The van der Waals surface area contributed by atoms with Crippen LogP contribution in [0.3, 0.4) is 0 Å². The van der Waals surface area contributed by atoms with Gasteiger partial charge in [-0.2, -0.15) is 0 Å². The molecular weight excluding hydrogens is 412 g/mol. The van der Waals surface area contributed by atoms with Crippen molar-refractivity contribution in [3.8, 4) is 5.75 Å². The SMILES string of the molecule is CN=C(NCc1nccn1Cc1ccccc1)NCC(c1ccc(OC)cc1)N1CCCC1. The van der Waals surface area contributed by atoms with Crippen LogP contribution in [0.5, 0.6) is 5.75 Å². The maximum Gasteiger partial charge on any atom is 0.191 e. The summed E-state index contributed by atoms with van der Waals surface area (Å²) in [6.45, 7) is 4.45. The third-order valence-corrected chi connectivity index (χ3v) is 6.18. The first-order valence-corrected chi connectivity index (χ1v) is 11.6. The van der Waals surface area contributed by atoms with Gasteiger partial charge < -0.3 is 19.9 Å². The van der Waals surface area contributed by atoms with Gasteiger partial charge in [-0.3, -0.25) is 9.89 Å². The topological polar surface area (TPSA) is 66.7 Å². The highest BCUT2D eigenvalue weighted by atomic mass is 16.5. The summed E-state index contributed by atoms with van der Waals surface area (Å²) in [5.74, 6) is 2.64. The molecule has 0 amide bonds. The lowest BCUT2D eigenvalue weighted by Crippen LogP contribution is -2.42. The van der Waals surface area contributed by atoms with E-state index in [9.17, 15) is 0 Å².